The lowest BCUT2D eigenvalue weighted by atomic mass is 9.73. The monoisotopic (exact) mass is 400 g/mol. The molecule has 0 spiro atoms. The summed E-state index contributed by atoms with van der Waals surface area (Å²) in [7, 11) is 5.58. The average Bonchev–Trinajstić information content (AvgIpc) is 2.69. The minimum atomic E-state index is -1.48. The van der Waals surface area contributed by atoms with Crippen LogP contribution in [-0.2, 0) is 0 Å². The molecular formula is C20H37BFP3+2. The summed E-state index contributed by atoms with van der Waals surface area (Å²) in [5, 5.41) is 0.0915. The Labute approximate surface area is 159 Å². The van der Waals surface area contributed by atoms with E-state index in [1.807, 2.05) is 6.92 Å². The van der Waals surface area contributed by atoms with Crippen molar-refractivity contribution < 1.29 is 4.39 Å². The van der Waals surface area contributed by atoms with Gasteiger partial charge in [-0.2, -0.15) is 0 Å². The van der Waals surface area contributed by atoms with Gasteiger partial charge in [-0.05, 0) is 62.5 Å². The van der Waals surface area contributed by atoms with E-state index in [0.29, 0.717) is 6.42 Å². The van der Waals surface area contributed by atoms with Gasteiger partial charge in [0.25, 0.3) is 0 Å². The predicted molar refractivity (Wildman–Crippen MR) is 128 cm³/mol. The molecule has 2 radical (unpaired) electrons. The van der Waals surface area contributed by atoms with Crippen molar-refractivity contribution in [2.45, 2.75) is 65.4 Å². The van der Waals surface area contributed by atoms with Crippen molar-refractivity contribution in [1.82, 2.24) is 0 Å². The van der Waals surface area contributed by atoms with Crippen LogP contribution in [0.4, 0.5) is 4.39 Å². The average molecular weight is 400 g/mol. The predicted octanol–water partition coefficient (Wildman–Crippen LogP) is 7.00. The zero-order valence-corrected chi connectivity index (χ0v) is 19.9. The zero-order valence-electron chi connectivity index (χ0n) is 17.2. The van der Waals surface area contributed by atoms with Crippen molar-refractivity contribution in [2.24, 2.45) is 5.41 Å². The molecular weight excluding hydrogens is 363 g/mol. The number of halogens is 1. The first-order chi connectivity index (χ1) is 11.3. The van der Waals surface area contributed by atoms with E-state index >= 15 is 0 Å². The largest absolute Gasteiger partial charge is 0.212 e. The first-order valence-electron chi connectivity index (χ1n) is 9.26. The lowest BCUT2D eigenvalue weighted by Gasteiger charge is -2.43. The van der Waals surface area contributed by atoms with Crippen LogP contribution in [0.2, 0.25) is 5.82 Å². The van der Waals surface area contributed by atoms with Crippen LogP contribution < -0.4 is 0 Å². The Balaban J connectivity index is 3.21. The van der Waals surface area contributed by atoms with Crippen molar-refractivity contribution in [3.63, 3.8) is 0 Å². The maximum atomic E-state index is 14.3. The summed E-state index contributed by atoms with van der Waals surface area (Å²) >= 11 is 0. The molecule has 140 valence electrons. The highest BCUT2D eigenvalue weighted by Crippen LogP contribution is 2.69. The van der Waals surface area contributed by atoms with E-state index in [4.69, 9.17) is 14.1 Å². The Morgan fingerprint density at radius 2 is 1.68 bits per heavy atom. The second kappa shape index (κ2) is 8.59. The van der Waals surface area contributed by atoms with E-state index in [-0.39, 0.29) is 31.5 Å². The third kappa shape index (κ3) is 5.21. The zero-order chi connectivity index (χ0) is 19.6. The van der Waals surface area contributed by atoms with E-state index in [1.54, 1.807) is 0 Å². The van der Waals surface area contributed by atoms with Gasteiger partial charge in [0.15, 0.2) is 0 Å². The molecule has 4 unspecified atom stereocenters. The summed E-state index contributed by atoms with van der Waals surface area (Å²) < 4.78 is 14.3. The molecule has 1 rings (SSSR count). The van der Waals surface area contributed by atoms with E-state index in [0.717, 1.165) is 24.3 Å². The van der Waals surface area contributed by atoms with Gasteiger partial charge in [0, 0.05) is 0 Å². The van der Waals surface area contributed by atoms with E-state index in [1.165, 1.54) is 11.8 Å². The second-order valence-electron chi connectivity index (χ2n) is 8.74. The van der Waals surface area contributed by atoms with Crippen LogP contribution in [0.3, 0.4) is 0 Å². The van der Waals surface area contributed by atoms with Crippen molar-refractivity contribution in [3.05, 3.63) is 11.4 Å². The first-order valence-corrected chi connectivity index (χ1v) is 15.4. The van der Waals surface area contributed by atoms with Crippen LogP contribution in [-0.4, -0.2) is 56.0 Å². The maximum Gasteiger partial charge on any atom is 0.127 e. The Kier molecular flexibility index (Phi) is 8.05. The smallest absolute Gasteiger partial charge is 0.127 e. The van der Waals surface area contributed by atoms with Gasteiger partial charge in [0.2, 0.25) is 0 Å². The molecule has 0 aromatic carbocycles. The molecule has 0 amide bonds. The van der Waals surface area contributed by atoms with Gasteiger partial charge in [-0.3, -0.25) is 0 Å². The number of rotatable bonds is 9. The van der Waals surface area contributed by atoms with Gasteiger partial charge in [0.05, 0.1) is 41.4 Å². The molecule has 25 heavy (non-hydrogen) atoms. The summed E-state index contributed by atoms with van der Waals surface area (Å²) in [4.78, 5) is 0. The molecule has 1 aliphatic rings. The Morgan fingerprint density at radius 3 is 2.00 bits per heavy atom. The summed E-state index contributed by atoms with van der Waals surface area (Å²) in [5.74, 6) is 1.83. The molecule has 0 aromatic rings. The Morgan fingerprint density at radius 1 is 1.24 bits per heavy atom. The standard InChI is InChI=1S/C20H37BFP3/c1-10-23(7)14-25(9,15-24(8)11-2)19(4,5)13-20(6)12-17(21)18(22)16(20)3/h17H,7-15H2,1-6H3/q+2. The molecule has 1 aliphatic carbocycles. The fourth-order valence-corrected chi connectivity index (χ4v) is 16.7. The molecule has 4 atom stereocenters. The Hall–Kier alpha value is 0.375. The topological polar surface area (TPSA) is 0 Å². The summed E-state index contributed by atoms with van der Waals surface area (Å²) in [6.45, 7) is 11.9. The second-order valence-corrected chi connectivity index (χ2v) is 18.4. The third-order valence-corrected chi connectivity index (χ3v) is 18.2. The molecule has 0 saturated heterocycles. The molecule has 5 heteroatoms. The van der Waals surface area contributed by atoms with Gasteiger partial charge in [-0.15, -0.1) is 0 Å². The van der Waals surface area contributed by atoms with Crippen LogP contribution in [0.1, 0.15) is 54.4 Å². The van der Waals surface area contributed by atoms with Crippen molar-refractivity contribution in [3.8, 4) is 0 Å². The van der Waals surface area contributed by atoms with Crippen LogP contribution in [0.25, 0.3) is 0 Å². The van der Waals surface area contributed by atoms with Crippen LogP contribution in [0, 0.1) is 5.41 Å². The molecule has 0 nitrogen and oxygen atoms in total. The summed E-state index contributed by atoms with van der Waals surface area (Å²) in [6.07, 6.45) is 17.7. The molecule has 0 fully saturated rings. The molecule has 0 aromatic heterocycles. The van der Waals surface area contributed by atoms with Crippen LogP contribution in [0.5, 0.6) is 0 Å². The summed E-state index contributed by atoms with van der Waals surface area (Å²) in [6, 6.07) is 0. The van der Waals surface area contributed by atoms with Crippen LogP contribution in [0.15, 0.2) is 11.4 Å². The van der Waals surface area contributed by atoms with Gasteiger partial charge in [-0.1, -0.05) is 27.1 Å². The lowest BCUT2D eigenvalue weighted by Crippen LogP contribution is -2.32. The highest BCUT2D eigenvalue weighted by molar-refractivity contribution is 7.89. The molecule has 0 bridgehead atoms. The number of hydrogen-bond donors (Lipinski definition) is 0. The van der Waals surface area contributed by atoms with Gasteiger partial charge >= 0.3 is 0 Å². The molecule has 0 N–H and O–H groups in total. The fourth-order valence-electron chi connectivity index (χ4n) is 4.01. The lowest BCUT2D eigenvalue weighted by molar-refractivity contribution is 0.324. The Bertz CT molecular complexity index is 598. The minimum Gasteiger partial charge on any atom is -0.212 e. The van der Waals surface area contributed by atoms with Crippen molar-refractivity contribution >= 4 is 48.7 Å². The number of allylic oxidation sites excluding steroid dienone is 2. The normalized spacial score (nSPS) is 28.0. The van der Waals surface area contributed by atoms with Crippen LogP contribution >= 0.6 is 22.0 Å². The van der Waals surface area contributed by atoms with E-state index < -0.39 is 12.7 Å². The third-order valence-electron chi connectivity index (χ3n) is 6.20. The van der Waals surface area contributed by atoms with Crippen molar-refractivity contribution in [2.75, 3.05) is 24.1 Å². The van der Waals surface area contributed by atoms with Gasteiger partial charge in [0.1, 0.15) is 24.1 Å². The van der Waals surface area contributed by atoms with Gasteiger partial charge in [-0.25, -0.2) is 4.39 Å². The fraction of sp³-hybridized carbons (Fsp3) is 0.750. The minimum absolute atomic E-state index is 0.0905. The molecule has 0 aliphatic heterocycles. The maximum absolute atomic E-state index is 14.3. The SMILES string of the molecule is [B]C1CC(C)(CC(C)(C)P(=C)(C[P+](=C)CC)C[P+](=C)CC)C(C)=C1F. The molecule has 0 heterocycles. The highest BCUT2D eigenvalue weighted by Gasteiger charge is 2.48. The highest BCUT2D eigenvalue weighted by atomic mass is 31.2. The molecule has 0 saturated carbocycles. The van der Waals surface area contributed by atoms with E-state index in [2.05, 4.69) is 47.2 Å². The van der Waals surface area contributed by atoms with E-state index in [9.17, 15) is 4.39 Å². The van der Waals surface area contributed by atoms with Crippen molar-refractivity contribution in [1.29, 1.82) is 0 Å². The first kappa shape index (κ1) is 23.4. The summed E-state index contributed by atoms with van der Waals surface area (Å²) in [5.41, 5.74) is 0.710. The number of hydrogen-bond acceptors (Lipinski definition) is 0. The van der Waals surface area contributed by atoms with Gasteiger partial charge < -0.3 is 0 Å². The quantitative estimate of drug-likeness (QED) is 0.289.